The maximum Gasteiger partial charge on any atom is 0.0758 e. The van der Waals surface area contributed by atoms with Crippen molar-refractivity contribution in [2.24, 2.45) is 11.7 Å². The van der Waals surface area contributed by atoms with Crippen LogP contribution in [0.25, 0.3) is 0 Å². The van der Waals surface area contributed by atoms with Crippen LogP contribution in [0.4, 0.5) is 0 Å². The van der Waals surface area contributed by atoms with Gasteiger partial charge in [0.2, 0.25) is 0 Å². The lowest BCUT2D eigenvalue weighted by Gasteiger charge is -2.25. The Morgan fingerprint density at radius 1 is 1.35 bits per heavy atom. The monoisotopic (exact) mass is 385 g/mol. The largest absolute Gasteiger partial charge is 0.391 e. The molecule has 0 heterocycles. The third-order valence-electron chi connectivity index (χ3n) is 2.91. The minimum absolute atomic E-state index is 0. The molecule has 0 saturated carbocycles. The highest BCUT2D eigenvalue weighted by atomic mass is 79.9. The molecule has 2 nitrogen and oxygen atoms in total. The molecule has 0 aromatic heterocycles. The molecular formula is C12H18Br2ClNO. The van der Waals surface area contributed by atoms with Gasteiger partial charge in [0.1, 0.15) is 0 Å². The van der Waals surface area contributed by atoms with E-state index in [0.29, 0.717) is 0 Å². The van der Waals surface area contributed by atoms with Crippen molar-refractivity contribution in [3.63, 3.8) is 0 Å². The molecule has 0 bridgehead atoms. The molecular weight excluding hydrogens is 369 g/mol. The summed E-state index contributed by atoms with van der Waals surface area (Å²) in [5.74, 6) is 0.195. The standard InChI is InChI=1S/C12H17Br2NO.ClH/c1-3-7(2)12(16)11(15)9-6-8(13)4-5-10(9)14;/h4-7,11-12,16H,3,15H2,1-2H3;1H/t7?,11-,12+;/m0./s1. The smallest absolute Gasteiger partial charge is 0.0758 e. The van der Waals surface area contributed by atoms with Gasteiger partial charge in [-0.2, -0.15) is 0 Å². The van der Waals surface area contributed by atoms with Crippen LogP contribution in [-0.4, -0.2) is 11.2 Å². The first kappa shape index (κ1) is 17.4. The second-order valence-electron chi connectivity index (χ2n) is 4.07. The molecule has 0 aliphatic heterocycles. The molecule has 0 fully saturated rings. The Morgan fingerprint density at radius 2 is 1.94 bits per heavy atom. The van der Waals surface area contributed by atoms with Crippen molar-refractivity contribution in [1.29, 1.82) is 0 Å². The third-order valence-corrected chi connectivity index (χ3v) is 4.13. The third kappa shape index (κ3) is 4.52. The summed E-state index contributed by atoms with van der Waals surface area (Å²) in [5.41, 5.74) is 7.02. The lowest BCUT2D eigenvalue weighted by Crippen LogP contribution is -2.31. The van der Waals surface area contributed by atoms with Gasteiger partial charge in [-0.25, -0.2) is 0 Å². The highest BCUT2D eigenvalue weighted by Crippen LogP contribution is 2.30. The second-order valence-corrected chi connectivity index (χ2v) is 5.84. The Balaban J connectivity index is 0.00000256. The van der Waals surface area contributed by atoms with Gasteiger partial charge in [0.05, 0.1) is 12.1 Å². The molecule has 1 rings (SSSR count). The zero-order chi connectivity index (χ0) is 12.3. The van der Waals surface area contributed by atoms with E-state index in [9.17, 15) is 5.11 Å². The molecule has 0 saturated heterocycles. The quantitative estimate of drug-likeness (QED) is 0.819. The Hall–Kier alpha value is 0.390. The van der Waals surface area contributed by atoms with Crippen LogP contribution in [-0.2, 0) is 0 Å². The maximum atomic E-state index is 10.1. The molecule has 0 spiro atoms. The highest BCUT2D eigenvalue weighted by molar-refractivity contribution is 9.11. The van der Waals surface area contributed by atoms with Crippen molar-refractivity contribution in [2.45, 2.75) is 32.4 Å². The van der Waals surface area contributed by atoms with Gasteiger partial charge in [-0.05, 0) is 29.7 Å². The van der Waals surface area contributed by atoms with Crippen molar-refractivity contribution in [3.05, 3.63) is 32.7 Å². The summed E-state index contributed by atoms with van der Waals surface area (Å²) in [6.07, 6.45) is 0.399. The van der Waals surface area contributed by atoms with Crippen LogP contribution in [0.2, 0.25) is 0 Å². The van der Waals surface area contributed by atoms with Gasteiger partial charge in [-0.15, -0.1) is 12.4 Å². The van der Waals surface area contributed by atoms with Crippen LogP contribution in [0, 0.1) is 5.92 Å². The van der Waals surface area contributed by atoms with Crippen LogP contribution < -0.4 is 5.73 Å². The van der Waals surface area contributed by atoms with Gasteiger partial charge in [0.25, 0.3) is 0 Å². The minimum atomic E-state index is -0.518. The lowest BCUT2D eigenvalue weighted by atomic mass is 9.92. The summed E-state index contributed by atoms with van der Waals surface area (Å²) in [6, 6.07) is 5.46. The van der Waals surface area contributed by atoms with E-state index >= 15 is 0 Å². The van der Waals surface area contributed by atoms with E-state index in [4.69, 9.17) is 5.73 Å². The van der Waals surface area contributed by atoms with Crippen molar-refractivity contribution >= 4 is 44.3 Å². The summed E-state index contributed by atoms with van der Waals surface area (Å²) in [7, 11) is 0. The topological polar surface area (TPSA) is 46.2 Å². The first-order valence-corrected chi connectivity index (χ1v) is 6.94. The zero-order valence-electron chi connectivity index (χ0n) is 9.86. The first-order valence-electron chi connectivity index (χ1n) is 5.36. The molecule has 0 aliphatic carbocycles. The summed E-state index contributed by atoms with van der Waals surface area (Å²) >= 11 is 6.87. The molecule has 1 aromatic carbocycles. The van der Waals surface area contributed by atoms with Crippen LogP contribution in [0.5, 0.6) is 0 Å². The molecule has 0 amide bonds. The number of aliphatic hydroxyl groups excluding tert-OH is 1. The fraction of sp³-hybridized carbons (Fsp3) is 0.500. The average molecular weight is 388 g/mol. The van der Waals surface area contributed by atoms with E-state index in [0.717, 1.165) is 20.9 Å². The Bertz CT molecular complexity index is 362. The van der Waals surface area contributed by atoms with E-state index in [-0.39, 0.29) is 24.4 Å². The number of hydrogen-bond donors (Lipinski definition) is 2. The molecule has 0 radical (unpaired) electrons. The predicted octanol–water partition coefficient (Wildman–Crippen LogP) is 4.04. The fourth-order valence-electron chi connectivity index (χ4n) is 1.55. The number of hydrogen-bond acceptors (Lipinski definition) is 2. The van der Waals surface area contributed by atoms with Crippen LogP contribution in [0.1, 0.15) is 31.9 Å². The minimum Gasteiger partial charge on any atom is -0.391 e. The maximum absolute atomic E-state index is 10.1. The van der Waals surface area contributed by atoms with Crippen LogP contribution in [0.15, 0.2) is 27.1 Å². The van der Waals surface area contributed by atoms with Gasteiger partial charge >= 0.3 is 0 Å². The molecule has 0 aliphatic rings. The highest BCUT2D eigenvalue weighted by Gasteiger charge is 2.23. The summed E-state index contributed by atoms with van der Waals surface area (Å²) in [4.78, 5) is 0. The van der Waals surface area contributed by atoms with Gasteiger partial charge in [-0.1, -0.05) is 52.1 Å². The van der Waals surface area contributed by atoms with E-state index in [1.54, 1.807) is 0 Å². The Kier molecular flexibility index (Phi) is 7.92. The summed E-state index contributed by atoms with van der Waals surface area (Å²) in [5, 5.41) is 10.1. The van der Waals surface area contributed by atoms with E-state index in [1.807, 2.05) is 25.1 Å². The molecule has 98 valence electrons. The number of rotatable bonds is 4. The van der Waals surface area contributed by atoms with Gasteiger partial charge < -0.3 is 10.8 Å². The van der Waals surface area contributed by atoms with Crippen LogP contribution in [0.3, 0.4) is 0 Å². The number of aliphatic hydroxyl groups is 1. The van der Waals surface area contributed by atoms with E-state index in [2.05, 4.69) is 38.8 Å². The molecule has 5 heteroatoms. The first-order chi connectivity index (χ1) is 7.47. The van der Waals surface area contributed by atoms with E-state index in [1.165, 1.54) is 0 Å². The second kappa shape index (κ2) is 7.74. The summed E-state index contributed by atoms with van der Waals surface area (Å²) < 4.78 is 1.91. The molecule has 1 aromatic rings. The molecule has 3 atom stereocenters. The molecule has 1 unspecified atom stereocenters. The van der Waals surface area contributed by atoms with Crippen molar-refractivity contribution in [2.75, 3.05) is 0 Å². The van der Waals surface area contributed by atoms with Crippen molar-refractivity contribution < 1.29 is 5.11 Å². The van der Waals surface area contributed by atoms with Gasteiger partial charge in [0, 0.05) is 8.95 Å². The number of benzene rings is 1. The number of nitrogens with two attached hydrogens (primary N) is 1. The van der Waals surface area contributed by atoms with Gasteiger partial charge in [0.15, 0.2) is 0 Å². The molecule has 17 heavy (non-hydrogen) atoms. The van der Waals surface area contributed by atoms with Crippen molar-refractivity contribution in [1.82, 2.24) is 0 Å². The fourth-order valence-corrected chi connectivity index (χ4v) is 2.44. The average Bonchev–Trinajstić information content (AvgIpc) is 2.29. The number of halogens is 3. The normalized spacial score (nSPS) is 15.9. The van der Waals surface area contributed by atoms with Crippen LogP contribution >= 0.6 is 44.3 Å². The predicted molar refractivity (Wildman–Crippen MR) is 81.5 cm³/mol. The molecule has 3 N–H and O–H groups in total. The zero-order valence-corrected chi connectivity index (χ0v) is 13.8. The lowest BCUT2D eigenvalue weighted by molar-refractivity contribution is 0.0877. The Morgan fingerprint density at radius 3 is 2.47 bits per heavy atom. The van der Waals surface area contributed by atoms with Crippen molar-refractivity contribution in [3.8, 4) is 0 Å². The van der Waals surface area contributed by atoms with Gasteiger partial charge in [-0.3, -0.25) is 0 Å². The Labute approximate surface area is 126 Å². The summed E-state index contributed by atoms with van der Waals surface area (Å²) in [6.45, 7) is 4.06. The van der Waals surface area contributed by atoms with E-state index < -0.39 is 6.10 Å². The SMILES string of the molecule is CCC(C)[C@@H](O)[C@@H](N)c1cc(Br)ccc1Br.Cl.